The quantitative estimate of drug-likeness (QED) is 0.768. The largest absolute Gasteiger partial charge is 0.314 e. The highest BCUT2D eigenvalue weighted by molar-refractivity contribution is 4.80. The lowest BCUT2D eigenvalue weighted by atomic mass is 9.90. The molecule has 1 aliphatic rings. The van der Waals surface area contributed by atoms with Gasteiger partial charge in [0.05, 0.1) is 0 Å². The van der Waals surface area contributed by atoms with Gasteiger partial charge in [-0.3, -0.25) is 0 Å². The fraction of sp³-hybridized carbons (Fsp3) is 1.00. The predicted octanol–water partition coefficient (Wildman–Crippen LogP) is 2.99. The number of nitrogens with zero attached hydrogens (tertiary/aromatic N) is 1. The van der Waals surface area contributed by atoms with Crippen molar-refractivity contribution in [3.63, 3.8) is 0 Å². The molecule has 102 valence electrons. The summed E-state index contributed by atoms with van der Waals surface area (Å²) in [6.07, 6.45) is 2.78. The predicted molar refractivity (Wildman–Crippen MR) is 76.3 cm³/mol. The number of hydrogen-bond donors (Lipinski definition) is 1. The monoisotopic (exact) mass is 240 g/mol. The molecule has 2 heteroatoms. The first kappa shape index (κ1) is 15.0. The summed E-state index contributed by atoms with van der Waals surface area (Å²) < 4.78 is 0. The zero-order valence-corrected chi connectivity index (χ0v) is 12.5. The highest BCUT2D eigenvalue weighted by Crippen LogP contribution is 2.20. The molecule has 1 rings (SSSR count). The minimum atomic E-state index is 0.672. The van der Waals surface area contributed by atoms with E-state index >= 15 is 0 Å². The van der Waals surface area contributed by atoms with E-state index in [-0.39, 0.29) is 0 Å². The second-order valence-electron chi connectivity index (χ2n) is 6.21. The van der Waals surface area contributed by atoms with Gasteiger partial charge in [0.15, 0.2) is 0 Å². The van der Waals surface area contributed by atoms with Gasteiger partial charge >= 0.3 is 0 Å². The Morgan fingerprint density at radius 1 is 1.24 bits per heavy atom. The van der Waals surface area contributed by atoms with Crippen LogP contribution in [0.15, 0.2) is 0 Å². The van der Waals surface area contributed by atoms with E-state index in [1.54, 1.807) is 0 Å². The SMILES string of the molecule is CCN1CCCC(C(C)NCC(C)C(C)C)C1. The molecule has 0 spiro atoms. The molecule has 1 fully saturated rings. The molecule has 2 nitrogen and oxygen atoms in total. The summed E-state index contributed by atoms with van der Waals surface area (Å²) in [6.45, 7) is 16.6. The van der Waals surface area contributed by atoms with E-state index in [2.05, 4.69) is 44.8 Å². The maximum absolute atomic E-state index is 3.75. The molecule has 0 aliphatic carbocycles. The topological polar surface area (TPSA) is 15.3 Å². The lowest BCUT2D eigenvalue weighted by Crippen LogP contribution is -2.45. The van der Waals surface area contributed by atoms with Crippen molar-refractivity contribution in [3.05, 3.63) is 0 Å². The van der Waals surface area contributed by atoms with E-state index in [9.17, 15) is 0 Å². The highest BCUT2D eigenvalue weighted by Gasteiger charge is 2.23. The molecular weight excluding hydrogens is 208 g/mol. The summed E-state index contributed by atoms with van der Waals surface area (Å²) in [5, 5.41) is 3.75. The third-order valence-corrected chi connectivity index (χ3v) is 4.60. The first-order valence-electron chi connectivity index (χ1n) is 7.50. The first-order chi connectivity index (χ1) is 8.04. The van der Waals surface area contributed by atoms with Crippen LogP contribution in [-0.4, -0.2) is 37.1 Å². The van der Waals surface area contributed by atoms with Gasteiger partial charge in [-0.15, -0.1) is 0 Å². The molecule has 0 radical (unpaired) electrons. The van der Waals surface area contributed by atoms with E-state index in [0.717, 1.165) is 17.8 Å². The van der Waals surface area contributed by atoms with E-state index in [1.165, 1.54) is 39.0 Å². The molecule has 0 aromatic carbocycles. The molecule has 0 saturated carbocycles. The van der Waals surface area contributed by atoms with Crippen molar-refractivity contribution < 1.29 is 0 Å². The minimum Gasteiger partial charge on any atom is -0.314 e. The minimum absolute atomic E-state index is 0.672. The summed E-state index contributed by atoms with van der Waals surface area (Å²) in [4.78, 5) is 2.60. The van der Waals surface area contributed by atoms with E-state index in [4.69, 9.17) is 0 Å². The van der Waals surface area contributed by atoms with Crippen LogP contribution in [0, 0.1) is 17.8 Å². The summed E-state index contributed by atoms with van der Waals surface area (Å²) in [7, 11) is 0. The number of likely N-dealkylation sites (tertiary alicyclic amines) is 1. The van der Waals surface area contributed by atoms with Gasteiger partial charge in [0.2, 0.25) is 0 Å². The Bertz CT molecular complexity index is 203. The Kier molecular flexibility index (Phi) is 6.50. The van der Waals surface area contributed by atoms with Gasteiger partial charge in [0.25, 0.3) is 0 Å². The number of nitrogens with one attached hydrogen (secondary N) is 1. The lowest BCUT2D eigenvalue weighted by Gasteiger charge is -2.36. The standard InChI is InChI=1S/C15H32N2/c1-6-17-9-7-8-15(11-17)14(5)16-10-13(4)12(2)3/h12-16H,6-11H2,1-5H3. The number of hydrogen-bond acceptors (Lipinski definition) is 2. The smallest absolute Gasteiger partial charge is 0.00793 e. The maximum Gasteiger partial charge on any atom is 0.00793 e. The van der Waals surface area contributed by atoms with Gasteiger partial charge in [0, 0.05) is 12.6 Å². The second-order valence-corrected chi connectivity index (χ2v) is 6.21. The average Bonchev–Trinajstić information content (AvgIpc) is 2.35. The van der Waals surface area contributed by atoms with E-state index < -0.39 is 0 Å². The van der Waals surface area contributed by atoms with Crippen molar-refractivity contribution in [1.82, 2.24) is 10.2 Å². The van der Waals surface area contributed by atoms with Crippen molar-refractivity contribution in [2.24, 2.45) is 17.8 Å². The molecule has 0 aromatic rings. The maximum atomic E-state index is 3.75. The van der Waals surface area contributed by atoms with Crippen LogP contribution in [0.1, 0.15) is 47.5 Å². The van der Waals surface area contributed by atoms with E-state index in [0.29, 0.717) is 6.04 Å². The van der Waals surface area contributed by atoms with Crippen LogP contribution >= 0.6 is 0 Å². The van der Waals surface area contributed by atoms with Crippen LogP contribution in [0.3, 0.4) is 0 Å². The molecule has 1 heterocycles. The Labute approximate surface area is 108 Å². The van der Waals surface area contributed by atoms with Crippen LogP contribution < -0.4 is 5.32 Å². The van der Waals surface area contributed by atoms with Gasteiger partial charge in [0.1, 0.15) is 0 Å². The van der Waals surface area contributed by atoms with Crippen molar-refractivity contribution in [1.29, 1.82) is 0 Å². The molecule has 17 heavy (non-hydrogen) atoms. The van der Waals surface area contributed by atoms with Crippen molar-refractivity contribution in [2.45, 2.75) is 53.5 Å². The Morgan fingerprint density at radius 2 is 1.94 bits per heavy atom. The molecule has 1 N–H and O–H groups in total. The van der Waals surface area contributed by atoms with Gasteiger partial charge in [-0.2, -0.15) is 0 Å². The van der Waals surface area contributed by atoms with Crippen LogP contribution in [0.2, 0.25) is 0 Å². The Balaban J connectivity index is 2.29. The molecular formula is C15H32N2. The molecule has 1 aliphatic heterocycles. The fourth-order valence-corrected chi connectivity index (χ4v) is 2.56. The Hall–Kier alpha value is -0.0800. The van der Waals surface area contributed by atoms with Crippen molar-refractivity contribution in [2.75, 3.05) is 26.2 Å². The van der Waals surface area contributed by atoms with Gasteiger partial charge in [-0.1, -0.05) is 27.7 Å². The third kappa shape index (κ3) is 4.97. The Morgan fingerprint density at radius 3 is 2.53 bits per heavy atom. The number of piperidine rings is 1. The van der Waals surface area contributed by atoms with Gasteiger partial charge in [-0.05, 0) is 57.2 Å². The highest BCUT2D eigenvalue weighted by atomic mass is 15.1. The molecule has 1 saturated heterocycles. The lowest BCUT2D eigenvalue weighted by molar-refractivity contribution is 0.154. The fourth-order valence-electron chi connectivity index (χ4n) is 2.56. The van der Waals surface area contributed by atoms with Gasteiger partial charge in [-0.25, -0.2) is 0 Å². The summed E-state index contributed by atoms with van der Waals surface area (Å²) in [6, 6.07) is 0.672. The van der Waals surface area contributed by atoms with Crippen LogP contribution in [0.25, 0.3) is 0 Å². The van der Waals surface area contributed by atoms with Gasteiger partial charge < -0.3 is 10.2 Å². The third-order valence-electron chi connectivity index (χ3n) is 4.60. The second kappa shape index (κ2) is 7.38. The summed E-state index contributed by atoms with van der Waals surface area (Å²) >= 11 is 0. The molecule has 3 atom stereocenters. The number of rotatable bonds is 6. The molecule has 3 unspecified atom stereocenters. The van der Waals surface area contributed by atoms with Crippen LogP contribution in [-0.2, 0) is 0 Å². The van der Waals surface area contributed by atoms with Crippen molar-refractivity contribution >= 4 is 0 Å². The van der Waals surface area contributed by atoms with Crippen molar-refractivity contribution in [3.8, 4) is 0 Å². The summed E-state index contributed by atoms with van der Waals surface area (Å²) in [5.41, 5.74) is 0. The summed E-state index contributed by atoms with van der Waals surface area (Å²) in [5.74, 6) is 2.42. The first-order valence-corrected chi connectivity index (χ1v) is 7.50. The normalized spacial score (nSPS) is 26.1. The molecule has 0 bridgehead atoms. The molecule has 0 amide bonds. The van der Waals surface area contributed by atoms with Crippen LogP contribution in [0.4, 0.5) is 0 Å². The zero-order valence-electron chi connectivity index (χ0n) is 12.5. The van der Waals surface area contributed by atoms with E-state index in [1.807, 2.05) is 0 Å². The van der Waals surface area contributed by atoms with Crippen LogP contribution in [0.5, 0.6) is 0 Å². The molecule has 0 aromatic heterocycles. The average molecular weight is 240 g/mol. The zero-order chi connectivity index (χ0) is 12.8.